The van der Waals surface area contributed by atoms with Crippen molar-refractivity contribution in [3.05, 3.63) is 29.6 Å². The van der Waals surface area contributed by atoms with Gasteiger partial charge in [-0.05, 0) is 19.2 Å². The second-order valence-corrected chi connectivity index (χ2v) is 4.28. The molecule has 13 heavy (non-hydrogen) atoms. The van der Waals surface area contributed by atoms with Crippen molar-refractivity contribution >= 4 is 11.8 Å². The average molecular weight is 197 g/mol. The third kappa shape index (κ3) is 1.58. The molecule has 1 heterocycles. The van der Waals surface area contributed by atoms with E-state index in [9.17, 15) is 4.39 Å². The Morgan fingerprint density at radius 1 is 1.62 bits per heavy atom. The van der Waals surface area contributed by atoms with E-state index in [0.29, 0.717) is 5.92 Å². The Balaban J connectivity index is 2.34. The van der Waals surface area contributed by atoms with Crippen molar-refractivity contribution in [2.75, 3.05) is 19.3 Å². The summed E-state index contributed by atoms with van der Waals surface area (Å²) in [6.07, 6.45) is 0. The van der Waals surface area contributed by atoms with Gasteiger partial charge in [-0.1, -0.05) is 6.07 Å². The molecule has 1 N–H and O–H groups in total. The Morgan fingerprint density at radius 3 is 3.23 bits per heavy atom. The van der Waals surface area contributed by atoms with Crippen LogP contribution < -0.4 is 5.32 Å². The molecule has 0 saturated heterocycles. The Hall–Kier alpha value is -0.540. The van der Waals surface area contributed by atoms with E-state index in [1.807, 2.05) is 13.1 Å². The zero-order chi connectivity index (χ0) is 9.26. The molecule has 0 aromatic heterocycles. The molecule has 1 nitrogen and oxygen atoms in total. The number of nitrogens with one attached hydrogen (secondary N) is 1. The highest BCUT2D eigenvalue weighted by molar-refractivity contribution is 7.99. The smallest absolute Gasteiger partial charge is 0.127 e. The SMILES string of the molecule is CNCC1CSc2cccc(F)c21. The molecule has 3 heteroatoms. The molecule has 0 amide bonds. The molecule has 1 unspecified atom stereocenters. The number of hydrogen-bond acceptors (Lipinski definition) is 2. The average Bonchev–Trinajstić information content (AvgIpc) is 2.51. The van der Waals surface area contributed by atoms with Crippen molar-refractivity contribution in [1.29, 1.82) is 0 Å². The van der Waals surface area contributed by atoms with Crippen molar-refractivity contribution in [2.24, 2.45) is 0 Å². The van der Waals surface area contributed by atoms with Gasteiger partial charge in [0.1, 0.15) is 5.82 Å². The lowest BCUT2D eigenvalue weighted by Gasteiger charge is -2.09. The Morgan fingerprint density at radius 2 is 2.46 bits per heavy atom. The lowest BCUT2D eigenvalue weighted by molar-refractivity contribution is 0.577. The van der Waals surface area contributed by atoms with Gasteiger partial charge in [-0.3, -0.25) is 0 Å². The van der Waals surface area contributed by atoms with Gasteiger partial charge in [0.15, 0.2) is 0 Å². The van der Waals surface area contributed by atoms with Gasteiger partial charge < -0.3 is 5.32 Å². The number of rotatable bonds is 2. The summed E-state index contributed by atoms with van der Waals surface area (Å²) in [7, 11) is 1.91. The van der Waals surface area contributed by atoms with Crippen LogP contribution in [0.3, 0.4) is 0 Å². The maximum absolute atomic E-state index is 13.4. The summed E-state index contributed by atoms with van der Waals surface area (Å²) in [5.74, 6) is 1.28. The highest BCUT2D eigenvalue weighted by atomic mass is 32.2. The van der Waals surface area contributed by atoms with Crippen LogP contribution in [0.1, 0.15) is 11.5 Å². The lowest BCUT2D eigenvalue weighted by Crippen LogP contribution is -2.17. The minimum absolute atomic E-state index is 0.0530. The van der Waals surface area contributed by atoms with Gasteiger partial charge in [0.2, 0.25) is 0 Å². The van der Waals surface area contributed by atoms with Crippen molar-refractivity contribution in [3.63, 3.8) is 0 Å². The summed E-state index contributed by atoms with van der Waals surface area (Å²) in [5, 5.41) is 3.10. The van der Waals surface area contributed by atoms with Crippen LogP contribution in [0, 0.1) is 5.82 Å². The first-order valence-electron chi connectivity index (χ1n) is 4.38. The summed E-state index contributed by atoms with van der Waals surface area (Å²) in [4.78, 5) is 1.11. The van der Waals surface area contributed by atoms with Gasteiger partial charge in [-0.15, -0.1) is 11.8 Å². The minimum atomic E-state index is -0.0530. The maximum atomic E-state index is 13.4. The summed E-state index contributed by atoms with van der Waals surface area (Å²) in [6, 6.07) is 5.33. The molecule has 70 valence electrons. The largest absolute Gasteiger partial charge is 0.319 e. The molecule has 0 radical (unpaired) electrons. The topological polar surface area (TPSA) is 12.0 Å². The zero-order valence-corrected chi connectivity index (χ0v) is 8.33. The normalized spacial score (nSPS) is 20.3. The Bertz CT molecular complexity index is 312. The molecule has 1 aromatic rings. The number of hydrogen-bond donors (Lipinski definition) is 1. The van der Waals surface area contributed by atoms with E-state index in [2.05, 4.69) is 5.32 Å². The number of halogens is 1. The third-order valence-corrected chi connectivity index (χ3v) is 3.55. The van der Waals surface area contributed by atoms with Crippen LogP contribution >= 0.6 is 11.8 Å². The quantitative estimate of drug-likeness (QED) is 0.780. The zero-order valence-electron chi connectivity index (χ0n) is 7.51. The molecule has 2 rings (SSSR count). The van der Waals surface area contributed by atoms with Crippen molar-refractivity contribution in [1.82, 2.24) is 5.32 Å². The summed E-state index contributed by atoms with van der Waals surface area (Å²) < 4.78 is 13.4. The van der Waals surface area contributed by atoms with Gasteiger partial charge in [0.25, 0.3) is 0 Å². The van der Waals surface area contributed by atoms with E-state index in [1.165, 1.54) is 0 Å². The number of thioether (sulfide) groups is 1. The van der Waals surface area contributed by atoms with Gasteiger partial charge in [0, 0.05) is 28.7 Å². The third-order valence-electron chi connectivity index (χ3n) is 2.31. The van der Waals surface area contributed by atoms with E-state index < -0.39 is 0 Å². The fourth-order valence-electron chi connectivity index (χ4n) is 1.72. The first-order valence-corrected chi connectivity index (χ1v) is 5.37. The van der Waals surface area contributed by atoms with Crippen molar-refractivity contribution in [3.8, 4) is 0 Å². The van der Waals surface area contributed by atoms with E-state index in [1.54, 1.807) is 23.9 Å². The van der Waals surface area contributed by atoms with Crippen LogP contribution in [0.25, 0.3) is 0 Å². The highest BCUT2D eigenvalue weighted by Crippen LogP contribution is 2.40. The molecule has 1 aromatic carbocycles. The minimum Gasteiger partial charge on any atom is -0.319 e. The molecule has 0 fully saturated rings. The summed E-state index contributed by atoms with van der Waals surface area (Å²) in [5.41, 5.74) is 0.904. The lowest BCUT2D eigenvalue weighted by atomic mass is 10.0. The summed E-state index contributed by atoms with van der Waals surface area (Å²) in [6.45, 7) is 0.862. The molecular formula is C10H12FNS. The molecule has 0 spiro atoms. The van der Waals surface area contributed by atoms with E-state index in [-0.39, 0.29) is 5.82 Å². The molecule has 1 atom stereocenters. The monoisotopic (exact) mass is 197 g/mol. The standard InChI is InChI=1S/C10H12FNS/c1-12-5-7-6-13-9-4-2-3-8(11)10(7)9/h2-4,7,12H,5-6H2,1H3. The first kappa shape index (κ1) is 9.03. The predicted molar refractivity (Wildman–Crippen MR) is 53.8 cm³/mol. The first-order chi connectivity index (χ1) is 6.33. The van der Waals surface area contributed by atoms with Gasteiger partial charge >= 0.3 is 0 Å². The number of benzene rings is 1. The second-order valence-electron chi connectivity index (χ2n) is 3.22. The number of likely N-dealkylation sites (N-methyl/N-ethyl adjacent to an activating group) is 1. The maximum Gasteiger partial charge on any atom is 0.127 e. The van der Waals surface area contributed by atoms with Crippen LogP contribution in [0.4, 0.5) is 4.39 Å². The fourth-order valence-corrected chi connectivity index (χ4v) is 2.98. The molecule has 1 aliphatic heterocycles. The fraction of sp³-hybridized carbons (Fsp3) is 0.400. The van der Waals surface area contributed by atoms with Gasteiger partial charge in [0.05, 0.1) is 0 Å². The van der Waals surface area contributed by atoms with Gasteiger partial charge in [-0.2, -0.15) is 0 Å². The van der Waals surface area contributed by atoms with Gasteiger partial charge in [-0.25, -0.2) is 4.39 Å². The molecule has 0 bridgehead atoms. The van der Waals surface area contributed by atoms with Crippen LogP contribution in [-0.4, -0.2) is 19.3 Å². The molecule has 0 saturated carbocycles. The van der Waals surface area contributed by atoms with Crippen LogP contribution in [0.2, 0.25) is 0 Å². The second kappa shape index (κ2) is 3.68. The highest BCUT2D eigenvalue weighted by Gasteiger charge is 2.25. The Labute approximate surface area is 81.7 Å². The Kier molecular flexibility index (Phi) is 2.56. The van der Waals surface area contributed by atoms with Crippen LogP contribution in [-0.2, 0) is 0 Å². The predicted octanol–water partition coefficient (Wildman–Crippen LogP) is 2.23. The van der Waals surface area contributed by atoms with E-state index >= 15 is 0 Å². The van der Waals surface area contributed by atoms with Crippen molar-refractivity contribution in [2.45, 2.75) is 10.8 Å². The summed E-state index contributed by atoms with van der Waals surface area (Å²) >= 11 is 1.75. The molecule has 1 aliphatic rings. The number of fused-ring (bicyclic) bond motifs is 1. The molecular weight excluding hydrogens is 185 g/mol. The van der Waals surface area contributed by atoms with Crippen molar-refractivity contribution < 1.29 is 4.39 Å². The van der Waals surface area contributed by atoms with Crippen LogP contribution in [0.5, 0.6) is 0 Å². The van der Waals surface area contributed by atoms with E-state index in [4.69, 9.17) is 0 Å². The van der Waals surface area contributed by atoms with E-state index in [0.717, 1.165) is 22.8 Å². The molecule has 0 aliphatic carbocycles. The van der Waals surface area contributed by atoms with Crippen LogP contribution in [0.15, 0.2) is 23.1 Å².